The molecule has 0 spiro atoms. The highest BCUT2D eigenvalue weighted by molar-refractivity contribution is 5.94. The zero-order valence-electron chi connectivity index (χ0n) is 12.8. The van der Waals surface area contributed by atoms with Crippen molar-refractivity contribution in [3.05, 3.63) is 35.4 Å². The number of carbonyl (C=O) groups is 1. The first-order valence-electron chi connectivity index (χ1n) is 6.72. The van der Waals surface area contributed by atoms with Crippen molar-refractivity contribution in [2.45, 2.75) is 33.1 Å². The fourth-order valence-corrected chi connectivity index (χ4v) is 1.97. The molecule has 0 atom stereocenters. The van der Waals surface area contributed by atoms with E-state index in [1.807, 2.05) is 0 Å². The van der Waals surface area contributed by atoms with Gasteiger partial charge >= 0.3 is 12.4 Å². The fourth-order valence-electron chi connectivity index (χ4n) is 1.97. The molecular formula is C15H17F6NO. The summed E-state index contributed by atoms with van der Waals surface area (Å²) in [5.41, 5.74) is -1.77. The maximum Gasteiger partial charge on any atom is 0.416 e. The Morgan fingerprint density at radius 3 is 1.74 bits per heavy atom. The largest absolute Gasteiger partial charge is 0.416 e. The first-order valence-corrected chi connectivity index (χ1v) is 6.72. The number of hydrogen-bond acceptors (Lipinski definition) is 1. The van der Waals surface area contributed by atoms with E-state index in [1.165, 1.54) is 0 Å². The molecule has 0 heterocycles. The van der Waals surface area contributed by atoms with Crippen LogP contribution in [-0.4, -0.2) is 30.1 Å². The fraction of sp³-hybridized carbons (Fsp3) is 0.533. The number of alkyl halides is 6. The molecule has 0 unspecified atom stereocenters. The minimum Gasteiger partial charge on any atom is -0.329 e. The van der Waals surface area contributed by atoms with Crippen molar-refractivity contribution in [1.82, 2.24) is 4.90 Å². The van der Waals surface area contributed by atoms with E-state index < -0.39 is 35.8 Å². The van der Waals surface area contributed by atoms with Gasteiger partial charge in [0.05, 0.1) is 5.56 Å². The van der Waals surface area contributed by atoms with Gasteiger partial charge in [0.15, 0.2) is 0 Å². The maximum absolute atomic E-state index is 12.6. The molecule has 8 heteroatoms. The molecule has 0 aliphatic carbocycles. The molecule has 0 fully saturated rings. The number of halogens is 6. The van der Waals surface area contributed by atoms with Gasteiger partial charge < -0.3 is 4.90 Å². The second-order valence-corrected chi connectivity index (χ2v) is 6.41. The maximum atomic E-state index is 12.6. The molecule has 0 aliphatic heterocycles. The highest BCUT2D eigenvalue weighted by atomic mass is 19.4. The van der Waals surface area contributed by atoms with Gasteiger partial charge in [0.1, 0.15) is 6.54 Å². The van der Waals surface area contributed by atoms with Gasteiger partial charge in [-0.3, -0.25) is 4.79 Å². The van der Waals surface area contributed by atoms with Crippen LogP contribution in [0.4, 0.5) is 26.3 Å². The predicted octanol–water partition coefficient (Wildman–Crippen LogP) is 4.76. The van der Waals surface area contributed by atoms with Crippen LogP contribution in [-0.2, 0) is 6.18 Å². The van der Waals surface area contributed by atoms with Crippen molar-refractivity contribution in [3.63, 3.8) is 0 Å². The van der Waals surface area contributed by atoms with Gasteiger partial charge in [0.2, 0.25) is 0 Å². The zero-order valence-corrected chi connectivity index (χ0v) is 12.8. The number of carbonyl (C=O) groups excluding carboxylic acids is 1. The normalized spacial score (nSPS) is 13.1. The number of amides is 1. The van der Waals surface area contributed by atoms with Gasteiger partial charge in [0.25, 0.3) is 5.91 Å². The lowest BCUT2D eigenvalue weighted by atomic mass is 9.95. The van der Waals surface area contributed by atoms with Gasteiger partial charge in [0, 0.05) is 12.1 Å². The molecular weight excluding hydrogens is 324 g/mol. The van der Waals surface area contributed by atoms with Crippen molar-refractivity contribution >= 4 is 5.91 Å². The summed E-state index contributed by atoms with van der Waals surface area (Å²) in [6.07, 6.45) is -9.16. The molecule has 0 bridgehead atoms. The summed E-state index contributed by atoms with van der Waals surface area (Å²) in [5.74, 6) is -0.953. The number of nitrogens with zero attached hydrogens (tertiary/aromatic N) is 1. The Hall–Kier alpha value is -1.73. The third-order valence-electron chi connectivity index (χ3n) is 2.78. The Bertz CT molecular complexity index is 523. The molecule has 0 aromatic heterocycles. The molecule has 130 valence electrons. The SMILES string of the molecule is CC(C)(C)CN(CC(F)(F)F)C(=O)c1ccc(C(F)(F)F)cc1. The van der Waals surface area contributed by atoms with Gasteiger partial charge in [-0.15, -0.1) is 0 Å². The third-order valence-corrected chi connectivity index (χ3v) is 2.78. The predicted molar refractivity (Wildman–Crippen MR) is 72.9 cm³/mol. The second kappa shape index (κ2) is 6.41. The smallest absolute Gasteiger partial charge is 0.329 e. The summed E-state index contributed by atoms with van der Waals surface area (Å²) in [5, 5.41) is 0. The quantitative estimate of drug-likeness (QED) is 0.726. The third kappa shape index (κ3) is 6.50. The Kier molecular flexibility index (Phi) is 5.38. The molecule has 0 saturated heterocycles. The molecule has 0 saturated carbocycles. The summed E-state index contributed by atoms with van der Waals surface area (Å²) >= 11 is 0. The highest BCUT2D eigenvalue weighted by Gasteiger charge is 2.35. The van der Waals surface area contributed by atoms with Crippen LogP contribution in [0.25, 0.3) is 0 Å². The summed E-state index contributed by atoms with van der Waals surface area (Å²) in [6, 6.07) is 3.13. The minimum atomic E-state index is -4.59. The van der Waals surface area contributed by atoms with Crippen LogP contribution >= 0.6 is 0 Å². The number of hydrogen-bond donors (Lipinski definition) is 0. The molecule has 2 nitrogen and oxygen atoms in total. The second-order valence-electron chi connectivity index (χ2n) is 6.41. The van der Waals surface area contributed by atoms with Crippen molar-refractivity contribution in [1.29, 1.82) is 0 Å². The average molecular weight is 341 g/mol. The van der Waals surface area contributed by atoms with E-state index in [4.69, 9.17) is 0 Å². The molecule has 0 radical (unpaired) electrons. The van der Waals surface area contributed by atoms with Crippen LogP contribution < -0.4 is 0 Å². The lowest BCUT2D eigenvalue weighted by molar-refractivity contribution is -0.142. The molecule has 1 amide bonds. The minimum absolute atomic E-state index is 0.174. The van der Waals surface area contributed by atoms with E-state index >= 15 is 0 Å². The summed E-state index contributed by atoms with van der Waals surface area (Å²) in [4.78, 5) is 12.8. The van der Waals surface area contributed by atoms with Crippen LogP contribution in [0.15, 0.2) is 24.3 Å². The standard InChI is InChI=1S/C15H17F6NO/c1-13(2,3)8-22(9-14(16,17)18)12(23)10-4-6-11(7-5-10)15(19,20)21/h4-7H,8-9H2,1-3H3. The van der Waals surface area contributed by atoms with E-state index in [-0.39, 0.29) is 12.1 Å². The van der Waals surface area contributed by atoms with Crippen LogP contribution in [0.3, 0.4) is 0 Å². The number of rotatable bonds is 3. The Morgan fingerprint density at radius 1 is 0.913 bits per heavy atom. The Balaban J connectivity index is 3.04. The van der Waals surface area contributed by atoms with E-state index in [2.05, 4.69) is 0 Å². The Labute approximate surface area is 130 Å². The van der Waals surface area contributed by atoms with Crippen molar-refractivity contribution in [2.75, 3.05) is 13.1 Å². The summed E-state index contributed by atoms with van der Waals surface area (Å²) in [7, 11) is 0. The van der Waals surface area contributed by atoms with Crippen LogP contribution in [0.5, 0.6) is 0 Å². The summed E-state index contributed by atoms with van der Waals surface area (Å²) < 4.78 is 75.3. The lowest BCUT2D eigenvalue weighted by Gasteiger charge is -2.30. The zero-order chi connectivity index (χ0) is 18.1. The highest BCUT2D eigenvalue weighted by Crippen LogP contribution is 2.29. The van der Waals surface area contributed by atoms with E-state index in [0.717, 1.165) is 12.1 Å². The summed E-state index contributed by atoms with van der Waals surface area (Å²) in [6.45, 7) is 3.36. The molecule has 1 aromatic carbocycles. The van der Waals surface area contributed by atoms with Crippen molar-refractivity contribution < 1.29 is 31.1 Å². The van der Waals surface area contributed by atoms with E-state index in [9.17, 15) is 31.1 Å². The van der Waals surface area contributed by atoms with Gasteiger partial charge in [-0.05, 0) is 29.7 Å². The lowest BCUT2D eigenvalue weighted by Crippen LogP contribution is -2.43. The first kappa shape index (κ1) is 19.3. The van der Waals surface area contributed by atoms with E-state index in [0.29, 0.717) is 17.0 Å². The molecule has 1 rings (SSSR count). The number of benzene rings is 1. The molecule has 23 heavy (non-hydrogen) atoms. The van der Waals surface area contributed by atoms with Gasteiger partial charge in [-0.1, -0.05) is 20.8 Å². The van der Waals surface area contributed by atoms with Crippen LogP contribution in [0.2, 0.25) is 0 Å². The monoisotopic (exact) mass is 341 g/mol. The van der Waals surface area contributed by atoms with E-state index in [1.54, 1.807) is 20.8 Å². The van der Waals surface area contributed by atoms with Crippen molar-refractivity contribution in [2.24, 2.45) is 5.41 Å². The van der Waals surface area contributed by atoms with Crippen LogP contribution in [0.1, 0.15) is 36.7 Å². The van der Waals surface area contributed by atoms with Crippen molar-refractivity contribution in [3.8, 4) is 0 Å². The average Bonchev–Trinajstić information content (AvgIpc) is 2.33. The molecule has 0 N–H and O–H groups in total. The topological polar surface area (TPSA) is 20.3 Å². The first-order chi connectivity index (χ1) is 10.2. The van der Waals surface area contributed by atoms with Gasteiger partial charge in [-0.25, -0.2) is 0 Å². The molecule has 1 aromatic rings. The molecule has 0 aliphatic rings. The van der Waals surface area contributed by atoms with Gasteiger partial charge in [-0.2, -0.15) is 26.3 Å². The Morgan fingerprint density at radius 2 is 1.39 bits per heavy atom. The van der Waals surface area contributed by atoms with Crippen LogP contribution in [0, 0.1) is 5.41 Å².